The van der Waals surface area contributed by atoms with Gasteiger partial charge in [-0.05, 0) is 18.1 Å². The van der Waals surface area contributed by atoms with Gasteiger partial charge in [-0.3, -0.25) is 4.79 Å². The average molecular weight is 582 g/mol. The Bertz CT molecular complexity index is 1110. The number of esters is 1. The van der Waals surface area contributed by atoms with Gasteiger partial charge in [0.25, 0.3) is 0 Å². The number of carbonyl (C=O) groups is 3. The van der Waals surface area contributed by atoms with Gasteiger partial charge in [-0.2, -0.15) is 0 Å². The van der Waals surface area contributed by atoms with Crippen molar-refractivity contribution in [2.24, 2.45) is 11.8 Å². The maximum absolute atomic E-state index is 12.6. The van der Waals surface area contributed by atoms with Crippen LogP contribution in [0.1, 0.15) is 12.8 Å². The lowest BCUT2D eigenvalue weighted by Crippen LogP contribution is -2.60. The van der Waals surface area contributed by atoms with Crippen molar-refractivity contribution in [1.82, 2.24) is 4.90 Å². The normalized spacial score (nSPS) is 31.9. The Morgan fingerprint density at radius 3 is 2.49 bits per heavy atom. The minimum absolute atomic E-state index is 0.0756. The summed E-state index contributed by atoms with van der Waals surface area (Å²) in [6.07, 6.45) is 0.192. The molecule has 0 amide bonds. The molecule has 1 saturated heterocycles. The van der Waals surface area contributed by atoms with Crippen LogP contribution in [0.5, 0.6) is 0 Å². The van der Waals surface area contributed by atoms with Crippen molar-refractivity contribution in [1.29, 1.82) is 0 Å². The number of carboxylic acids is 2. The second-order valence-corrected chi connectivity index (χ2v) is 9.67. The van der Waals surface area contributed by atoms with Crippen molar-refractivity contribution in [3.8, 4) is 0 Å². The SMILES string of the molecule is C=C[C@@H]1[C@@H](O[C@@H]2O[C@H](CO)[C@@H](O)[C@H](O)[C@H]2O)OC=C(C(=O)OC)[C@H]1/C=C/C1=CN(CCCC(=O)O)CC(C(=O)O)=C1. The number of aliphatic carboxylic acids is 2. The first-order valence-electron chi connectivity index (χ1n) is 12.8. The van der Waals surface area contributed by atoms with E-state index in [0.29, 0.717) is 18.5 Å². The van der Waals surface area contributed by atoms with Crippen molar-refractivity contribution >= 4 is 17.9 Å². The third-order valence-corrected chi connectivity index (χ3v) is 6.88. The van der Waals surface area contributed by atoms with Crippen LogP contribution in [0.25, 0.3) is 0 Å². The predicted octanol–water partition coefficient (Wildman–Crippen LogP) is -0.734. The highest BCUT2D eigenvalue weighted by Gasteiger charge is 2.47. The van der Waals surface area contributed by atoms with E-state index in [-0.39, 0.29) is 24.1 Å². The summed E-state index contributed by atoms with van der Waals surface area (Å²) in [4.78, 5) is 36.9. The first-order valence-corrected chi connectivity index (χ1v) is 12.8. The fourth-order valence-electron chi connectivity index (χ4n) is 4.68. The summed E-state index contributed by atoms with van der Waals surface area (Å²) in [6.45, 7) is 3.53. The zero-order chi connectivity index (χ0) is 30.3. The van der Waals surface area contributed by atoms with E-state index in [9.17, 15) is 39.9 Å². The molecule has 0 aromatic carbocycles. The number of methoxy groups -OCH3 is 1. The molecule has 3 rings (SSSR count). The van der Waals surface area contributed by atoms with Gasteiger partial charge in [-0.15, -0.1) is 6.58 Å². The number of carbonyl (C=O) groups excluding carboxylic acids is 1. The summed E-state index contributed by atoms with van der Waals surface area (Å²) < 4.78 is 21.7. The number of hydrogen-bond acceptors (Lipinski definition) is 12. The Balaban J connectivity index is 1.88. The van der Waals surface area contributed by atoms with Crippen LogP contribution in [0.3, 0.4) is 0 Å². The van der Waals surface area contributed by atoms with Gasteiger partial charge < -0.3 is 54.5 Å². The zero-order valence-corrected chi connectivity index (χ0v) is 22.3. The van der Waals surface area contributed by atoms with Crippen molar-refractivity contribution in [2.45, 2.75) is 49.8 Å². The topological polar surface area (TPSA) is 213 Å². The molecule has 0 unspecified atom stereocenters. The molecular weight excluding hydrogens is 546 g/mol. The minimum atomic E-state index is -1.69. The molecule has 14 heteroatoms. The zero-order valence-electron chi connectivity index (χ0n) is 22.3. The summed E-state index contributed by atoms with van der Waals surface area (Å²) in [6, 6.07) is 0. The highest BCUT2D eigenvalue weighted by Crippen LogP contribution is 2.36. The van der Waals surface area contributed by atoms with Crippen molar-refractivity contribution in [3.05, 3.63) is 60.1 Å². The number of carboxylic acid groups (broad SMARTS) is 2. The molecule has 3 aliphatic heterocycles. The third-order valence-electron chi connectivity index (χ3n) is 6.88. The Morgan fingerprint density at radius 2 is 1.88 bits per heavy atom. The Hall–Kier alpha value is -3.53. The molecule has 0 aromatic rings. The molecule has 8 atom stereocenters. The summed E-state index contributed by atoms with van der Waals surface area (Å²) in [5.41, 5.74) is 0.635. The van der Waals surface area contributed by atoms with Gasteiger partial charge in [-0.25, -0.2) is 9.59 Å². The maximum atomic E-state index is 12.6. The second kappa shape index (κ2) is 14.4. The number of allylic oxidation sites excluding steroid dienone is 4. The second-order valence-electron chi connectivity index (χ2n) is 9.67. The molecule has 0 aliphatic carbocycles. The summed E-state index contributed by atoms with van der Waals surface area (Å²) >= 11 is 0. The van der Waals surface area contributed by atoms with Crippen LogP contribution in [0.2, 0.25) is 0 Å². The Kier molecular flexibility index (Phi) is 11.2. The van der Waals surface area contributed by atoms with Crippen LogP contribution in [-0.2, 0) is 33.3 Å². The first kappa shape index (κ1) is 32.0. The quantitative estimate of drug-likeness (QED) is 0.124. The van der Waals surface area contributed by atoms with E-state index in [1.54, 1.807) is 23.3 Å². The smallest absolute Gasteiger partial charge is 0.337 e. The number of rotatable bonds is 12. The molecular formula is C27H35NO13. The van der Waals surface area contributed by atoms with Crippen LogP contribution in [0.4, 0.5) is 0 Å². The number of ether oxygens (including phenoxy) is 4. The number of aliphatic hydroxyl groups excluding tert-OH is 4. The lowest BCUT2D eigenvalue weighted by molar-refractivity contribution is -0.338. The summed E-state index contributed by atoms with van der Waals surface area (Å²) in [7, 11) is 1.18. The monoisotopic (exact) mass is 581 g/mol. The van der Waals surface area contributed by atoms with Crippen LogP contribution < -0.4 is 0 Å². The molecule has 1 fully saturated rings. The van der Waals surface area contributed by atoms with Crippen LogP contribution >= 0.6 is 0 Å². The van der Waals surface area contributed by atoms with Gasteiger partial charge in [0, 0.05) is 31.6 Å². The van der Waals surface area contributed by atoms with Gasteiger partial charge in [0.15, 0.2) is 6.29 Å². The summed E-state index contributed by atoms with van der Waals surface area (Å²) in [5.74, 6) is -4.39. The van der Waals surface area contributed by atoms with Crippen molar-refractivity contribution < 1.29 is 64.0 Å². The lowest BCUT2D eigenvalue weighted by atomic mass is 9.83. The average Bonchev–Trinajstić information content (AvgIpc) is 2.95. The fourth-order valence-corrected chi connectivity index (χ4v) is 4.68. The molecule has 14 nitrogen and oxygen atoms in total. The maximum Gasteiger partial charge on any atom is 0.337 e. The molecule has 3 aliphatic rings. The van der Waals surface area contributed by atoms with E-state index in [1.165, 1.54) is 19.3 Å². The standard InChI is InChI=1S/C27H35NO13/c1-3-16-17(7-6-14-9-15(24(35)36)11-28(10-14)8-4-5-20(30)31)18(25(37)38-2)13-39-26(16)41-27-23(34)22(33)21(32)19(12-29)40-27/h3,6-7,9-10,13,16-17,19,21-23,26-27,29,32-34H,1,4-5,8,11-12H2,2H3,(H,30,31)(H,35,36)/b7-6+/t16-,17-,19+,21+,22-,23+,26+,27-/m0/s1. The van der Waals surface area contributed by atoms with E-state index in [1.807, 2.05) is 0 Å². The lowest BCUT2D eigenvalue weighted by Gasteiger charge is -2.42. The van der Waals surface area contributed by atoms with Gasteiger partial charge in [0.05, 0.1) is 37.0 Å². The van der Waals surface area contributed by atoms with Crippen LogP contribution in [0.15, 0.2) is 60.1 Å². The Morgan fingerprint density at radius 1 is 1.15 bits per heavy atom. The highest BCUT2D eigenvalue weighted by atomic mass is 16.8. The van der Waals surface area contributed by atoms with Crippen molar-refractivity contribution in [3.63, 3.8) is 0 Å². The predicted molar refractivity (Wildman–Crippen MR) is 138 cm³/mol. The Labute approximate surface area is 235 Å². The van der Waals surface area contributed by atoms with Gasteiger partial charge in [-0.1, -0.05) is 18.2 Å². The first-order chi connectivity index (χ1) is 19.5. The van der Waals surface area contributed by atoms with Gasteiger partial charge in [0.2, 0.25) is 6.29 Å². The molecule has 6 N–H and O–H groups in total. The van der Waals surface area contributed by atoms with Crippen LogP contribution in [-0.4, -0.2) is 117 Å². The van der Waals surface area contributed by atoms with E-state index >= 15 is 0 Å². The molecule has 41 heavy (non-hydrogen) atoms. The fraction of sp³-hybridized carbons (Fsp3) is 0.519. The number of nitrogens with zero attached hydrogens (tertiary/aromatic N) is 1. The largest absolute Gasteiger partial charge is 0.481 e. The molecule has 0 radical (unpaired) electrons. The highest BCUT2D eigenvalue weighted by molar-refractivity contribution is 5.89. The van der Waals surface area contributed by atoms with E-state index < -0.39 is 73.3 Å². The molecule has 226 valence electrons. The minimum Gasteiger partial charge on any atom is -0.481 e. The molecule has 3 heterocycles. The number of aliphatic hydroxyl groups is 4. The van der Waals surface area contributed by atoms with Crippen LogP contribution in [0, 0.1) is 11.8 Å². The van der Waals surface area contributed by atoms with E-state index in [2.05, 4.69) is 6.58 Å². The summed E-state index contributed by atoms with van der Waals surface area (Å²) in [5, 5.41) is 58.5. The van der Waals surface area contributed by atoms with Gasteiger partial charge in [0.1, 0.15) is 24.4 Å². The van der Waals surface area contributed by atoms with Gasteiger partial charge >= 0.3 is 17.9 Å². The van der Waals surface area contributed by atoms with E-state index in [4.69, 9.17) is 24.1 Å². The number of hydrogen-bond donors (Lipinski definition) is 6. The molecule has 0 bridgehead atoms. The van der Waals surface area contributed by atoms with Crippen molar-refractivity contribution in [2.75, 3.05) is 26.8 Å². The molecule has 0 saturated carbocycles. The third kappa shape index (κ3) is 7.81. The molecule has 0 spiro atoms. The van der Waals surface area contributed by atoms with E-state index in [0.717, 1.165) is 6.26 Å². The molecule has 0 aromatic heterocycles.